The summed E-state index contributed by atoms with van der Waals surface area (Å²) in [6.45, 7) is 0.844. The second-order valence-electron chi connectivity index (χ2n) is 3.83. The molecule has 0 radical (unpaired) electrons. The summed E-state index contributed by atoms with van der Waals surface area (Å²) in [5.41, 5.74) is 5.23. The van der Waals surface area contributed by atoms with Gasteiger partial charge in [-0.15, -0.1) is 0 Å². The highest BCUT2D eigenvalue weighted by Gasteiger charge is 2.22. The minimum atomic E-state index is -0.348. The molecule has 90 valence electrons. The first-order valence-electron chi connectivity index (χ1n) is 5.51. The maximum Gasteiger partial charge on any atom is 0.269 e. The van der Waals surface area contributed by atoms with Gasteiger partial charge in [0, 0.05) is 18.0 Å². The molecule has 1 aliphatic heterocycles. The standard InChI is InChI=1S/C11H14N4O2/c16-10(8-3-6-12-7-4-8)14-15-11(17)9-2-1-5-13-9/h3-4,6-7,9,13H,1-2,5H2,(H,14,16)(H,15,17). The van der Waals surface area contributed by atoms with Crippen molar-refractivity contribution in [3.63, 3.8) is 0 Å². The zero-order valence-corrected chi connectivity index (χ0v) is 9.27. The molecule has 1 saturated heterocycles. The number of hydrogen-bond donors (Lipinski definition) is 3. The molecule has 1 aromatic heterocycles. The fraction of sp³-hybridized carbons (Fsp3) is 0.364. The third kappa shape index (κ3) is 3.01. The molecule has 6 heteroatoms. The predicted molar refractivity (Wildman–Crippen MR) is 60.9 cm³/mol. The lowest BCUT2D eigenvalue weighted by molar-refractivity contribution is -0.123. The average molecular weight is 234 g/mol. The van der Waals surface area contributed by atoms with Gasteiger partial charge in [0.2, 0.25) is 0 Å². The van der Waals surface area contributed by atoms with Crippen LogP contribution in [0.1, 0.15) is 23.2 Å². The van der Waals surface area contributed by atoms with Crippen LogP contribution in [0.4, 0.5) is 0 Å². The van der Waals surface area contributed by atoms with E-state index in [1.807, 2.05) is 0 Å². The van der Waals surface area contributed by atoms with Gasteiger partial charge in [-0.1, -0.05) is 0 Å². The topological polar surface area (TPSA) is 83.1 Å². The van der Waals surface area contributed by atoms with Crippen molar-refractivity contribution in [1.82, 2.24) is 21.2 Å². The van der Waals surface area contributed by atoms with Crippen molar-refractivity contribution in [3.8, 4) is 0 Å². The van der Waals surface area contributed by atoms with Gasteiger partial charge in [-0.3, -0.25) is 25.4 Å². The molecule has 3 N–H and O–H groups in total. The number of pyridine rings is 1. The van der Waals surface area contributed by atoms with Crippen LogP contribution in [0.15, 0.2) is 24.5 Å². The van der Waals surface area contributed by atoms with Crippen LogP contribution in [-0.2, 0) is 4.79 Å². The molecule has 2 rings (SSSR count). The molecule has 1 atom stereocenters. The van der Waals surface area contributed by atoms with Gasteiger partial charge in [0.25, 0.3) is 11.8 Å². The van der Waals surface area contributed by atoms with Gasteiger partial charge < -0.3 is 5.32 Å². The molecule has 0 bridgehead atoms. The third-order valence-corrected chi connectivity index (χ3v) is 2.62. The van der Waals surface area contributed by atoms with Gasteiger partial charge >= 0.3 is 0 Å². The molecule has 1 fully saturated rings. The maximum atomic E-state index is 11.6. The number of nitrogens with zero attached hydrogens (tertiary/aromatic N) is 1. The van der Waals surface area contributed by atoms with Crippen LogP contribution in [-0.4, -0.2) is 29.4 Å². The normalized spacial score (nSPS) is 18.7. The summed E-state index contributed by atoms with van der Waals surface area (Å²) in [4.78, 5) is 27.0. The smallest absolute Gasteiger partial charge is 0.269 e. The van der Waals surface area contributed by atoms with Crippen molar-refractivity contribution in [2.45, 2.75) is 18.9 Å². The summed E-state index contributed by atoms with van der Waals surface area (Å²) in [6, 6.07) is 2.96. The quantitative estimate of drug-likeness (QED) is 0.608. The van der Waals surface area contributed by atoms with E-state index in [1.165, 1.54) is 12.4 Å². The van der Waals surface area contributed by atoms with Crippen LogP contribution < -0.4 is 16.2 Å². The van der Waals surface area contributed by atoms with Crippen LogP contribution in [0, 0.1) is 0 Å². The minimum absolute atomic E-state index is 0.201. The number of hydrogen-bond acceptors (Lipinski definition) is 4. The molecule has 1 unspecified atom stereocenters. The largest absolute Gasteiger partial charge is 0.306 e. The Morgan fingerprint density at radius 3 is 2.71 bits per heavy atom. The Hall–Kier alpha value is -1.95. The fourth-order valence-electron chi connectivity index (χ4n) is 1.69. The third-order valence-electron chi connectivity index (χ3n) is 2.62. The molecule has 0 saturated carbocycles. The molecule has 1 aliphatic rings. The predicted octanol–water partition coefficient (Wildman–Crippen LogP) is -0.405. The number of carbonyl (C=O) groups excluding carboxylic acids is 2. The Labute approximate surface area is 98.8 Å². The highest BCUT2D eigenvalue weighted by molar-refractivity contribution is 5.95. The number of amides is 2. The van der Waals surface area contributed by atoms with E-state index in [1.54, 1.807) is 12.1 Å². The van der Waals surface area contributed by atoms with Crippen LogP contribution in [0.5, 0.6) is 0 Å². The van der Waals surface area contributed by atoms with Crippen molar-refractivity contribution >= 4 is 11.8 Å². The monoisotopic (exact) mass is 234 g/mol. The Balaban J connectivity index is 1.82. The van der Waals surface area contributed by atoms with Crippen molar-refractivity contribution < 1.29 is 9.59 Å². The Kier molecular flexibility index (Phi) is 3.66. The summed E-state index contributed by atoms with van der Waals surface area (Å²) in [5.74, 6) is -0.552. The summed E-state index contributed by atoms with van der Waals surface area (Å²) >= 11 is 0. The van der Waals surface area contributed by atoms with Crippen LogP contribution in [0.3, 0.4) is 0 Å². The Morgan fingerprint density at radius 1 is 1.29 bits per heavy atom. The van der Waals surface area contributed by atoms with Crippen molar-refractivity contribution in [1.29, 1.82) is 0 Å². The highest BCUT2D eigenvalue weighted by Crippen LogP contribution is 2.04. The zero-order chi connectivity index (χ0) is 12.1. The van der Waals surface area contributed by atoms with Gasteiger partial charge in [-0.05, 0) is 31.5 Å². The molecule has 17 heavy (non-hydrogen) atoms. The zero-order valence-electron chi connectivity index (χ0n) is 9.27. The Morgan fingerprint density at radius 2 is 2.06 bits per heavy atom. The van der Waals surface area contributed by atoms with Crippen LogP contribution in [0.2, 0.25) is 0 Å². The van der Waals surface area contributed by atoms with E-state index >= 15 is 0 Å². The number of rotatable bonds is 2. The molecule has 1 aromatic rings. The summed E-state index contributed by atoms with van der Waals surface area (Å²) in [6.07, 6.45) is 4.83. The molecule has 6 nitrogen and oxygen atoms in total. The highest BCUT2D eigenvalue weighted by atomic mass is 16.2. The number of nitrogens with one attached hydrogen (secondary N) is 3. The van der Waals surface area contributed by atoms with Crippen LogP contribution >= 0.6 is 0 Å². The van der Waals surface area contributed by atoms with Crippen molar-refractivity contribution in [3.05, 3.63) is 30.1 Å². The van der Waals surface area contributed by atoms with E-state index in [0.717, 1.165) is 19.4 Å². The Bertz CT molecular complexity index is 401. The minimum Gasteiger partial charge on any atom is -0.306 e. The van der Waals surface area contributed by atoms with E-state index in [9.17, 15) is 9.59 Å². The first kappa shape index (κ1) is 11.5. The molecule has 2 amide bonds. The maximum absolute atomic E-state index is 11.6. The van der Waals surface area contributed by atoms with Crippen molar-refractivity contribution in [2.24, 2.45) is 0 Å². The average Bonchev–Trinajstić information content (AvgIpc) is 2.90. The number of carbonyl (C=O) groups is 2. The SMILES string of the molecule is O=C(NNC(=O)C1CCCN1)c1ccncc1. The number of hydrazine groups is 1. The molecular formula is C11H14N4O2. The van der Waals surface area contributed by atoms with Gasteiger partial charge in [0.15, 0.2) is 0 Å². The van der Waals surface area contributed by atoms with E-state index < -0.39 is 0 Å². The molecule has 2 heterocycles. The second kappa shape index (κ2) is 5.40. The van der Waals surface area contributed by atoms with Crippen molar-refractivity contribution in [2.75, 3.05) is 6.54 Å². The summed E-state index contributed by atoms with van der Waals surface area (Å²) < 4.78 is 0. The lowest BCUT2D eigenvalue weighted by atomic mass is 10.2. The second-order valence-corrected chi connectivity index (χ2v) is 3.83. The van der Waals surface area contributed by atoms with Gasteiger partial charge in [0.1, 0.15) is 0 Å². The van der Waals surface area contributed by atoms with Gasteiger partial charge in [-0.25, -0.2) is 0 Å². The van der Waals surface area contributed by atoms with E-state index in [2.05, 4.69) is 21.2 Å². The lowest BCUT2D eigenvalue weighted by Gasteiger charge is -2.11. The molecule has 0 aliphatic carbocycles. The van der Waals surface area contributed by atoms with Crippen LogP contribution in [0.25, 0.3) is 0 Å². The summed E-state index contributed by atoms with van der Waals surface area (Å²) in [7, 11) is 0. The van der Waals surface area contributed by atoms with E-state index in [-0.39, 0.29) is 17.9 Å². The molecule has 0 aromatic carbocycles. The first-order valence-corrected chi connectivity index (χ1v) is 5.51. The molecular weight excluding hydrogens is 220 g/mol. The first-order chi connectivity index (χ1) is 8.27. The molecule has 0 spiro atoms. The van der Waals surface area contributed by atoms with E-state index in [4.69, 9.17) is 0 Å². The van der Waals surface area contributed by atoms with E-state index in [0.29, 0.717) is 5.56 Å². The number of aromatic nitrogens is 1. The lowest BCUT2D eigenvalue weighted by Crippen LogP contribution is -2.49. The van der Waals surface area contributed by atoms with Gasteiger partial charge in [0.05, 0.1) is 6.04 Å². The van der Waals surface area contributed by atoms with Gasteiger partial charge in [-0.2, -0.15) is 0 Å². The summed E-state index contributed by atoms with van der Waals surface area (Å²) in [5, 5.41) is 3.05. The fourth-order valence-corrected chi connectivity index (χ4v) is 1.69.